The quantitative estimate of drug-likeness (QED) is 0.927. The molecular formula is C20H26N2O3. The number of aliphatic hydroxyl groups excluding tert-OH is 1. The lowest BCUT2D eigenvalue weighted by atomic mass is 9.86. The third kappa shape index (κ3) is 3.76. The summed E-state index contributed by atoms with van der Waals surface area (Å²) in [6.45, 7) is 2.47. The van der Waals surface area contributed by atoms with Crippen LogP contribution in [0.2, 0.25) is 0 Å². The minimum atomic E-state index is -0.306. The van der Waals surface area contributed by atoms with Gasteiger partial charge in [0.05, 0.1) is 24.3 Å². The number of amides is 1. The summed E-state index contributed by atoms with van der Waals surface area (Å²) >= 11 is 0. The molecule has 25 heavy (non-hydrogen) atoms. The van der Waals surface area contributed by atoms with E-state index in [9.17, 15) is 9.90 Å². The van der Waals surface area contributed by atoms with Crippen molar-refractivity contribution in [3.63, 3.8) is 0 Å². The average molecular weight is 342 g/mol. The number of methoxy groups -OCH3 is 1. The molecule has 1 N–H and O–H groups in total. The lowest BCUT2D eigenvalue weighted by molar-refractivity contribution is 0.0452. The molecule has 2 unspecified atom stereocenters. The second-order valence-electron chi connectivity index (χ2n) is 6.99. The minimum Gasteiger partial charge on any atom is -0.497 e. The van der Waals surface area contributed by atoms with Gasteiger partial charge in [0.1, 0.15) is 5.75 Å². The fourth-order valence-electron chi connectivity index (χ4n) is 3.68. The molecule has 1 aromatic heterocycles. The van der Waals surface area contributed by atoms with Crippen molar-refractivity contribution in [3.05, 3.63) is 35.5 Å². The molecule has 2 aromatic rings. The van der Waals surface area contributed by atoms with E-state index >= 15 is 0 Å². The van der Waals surface area contributed by atoms with Gasteiger partial charge in [-0.1, -0.05) is 12.8 Å². The molecule has 5 nitrogen and oxygen atoms in total. The predicted octanol–water partition coefficient (Wildman–Crippen LogP) is 3.17. The van der Waals surface area contributed by atoms with Crippen LogP contribution in [0.1, 0.15) is 41.7 Å². The van der Waals surface area contributed by atoms with Gasteiger partial charge in [0.2, 0.25) is 0 Å². The highest BCUT2D eigenvalue weighted by atomic mass is 16.5. The maximum absolute atomic E-state index is 13.1. The smallest absolute Gasteiger partial charge is 0.254 e. The Morgan fingerprint density at radius 3 is 2.80 bits per heavy atom. The first-order valence-corrected chi connectivity index (χ1v) is 8.88. The van der Waals surface area contributed by atoms with Crippen LogP contribution >= 0.6 is 0 Å². The molecule has 0 aliphatic heterocycles. The Morgan fingerprint density at radius 2 is 2.08 bits per heavy atom. The largest absolute Gasteiger partial charge is 0.497 e. The van der Waals surface area contributed by atoms with E-state index in [2.05, 4.69) is 4.98 Å². The molecule has 134 valence electrons. The maximum Gasteiger partial charge on any atom is 0.254 e. The van der Waals surface area contributed by atoms with Crippen LogP contribution in [0.4, 0.5) is 0 Å². The molecule has 0 radical (unpaired) electrons. The van der Waals surface area contributed by atoms with Crippen LogP contribution < -0.4 is 4.74 Å². The van der Waals surface area contributed by atoms with Gasteiger partial charge in [-0.25, -0.2) is 0 Å². The van der Waals surface area contributed by atoms with E-state index in [1.165, 1.54) is 0 Å². The summed E-state index contributed by atoms with van der Waals surface area (Å²) in [7, 11) is 3.42. The number of nitrogens with zero attached hydrogens (tertiary/aromatic N) is 2. The first-order valence-electron chi connectivity index (χ1n) is 8.88. The molecule has 5 heteroatoms. The SMILES string of the molecule is COc1ccc2nc(C)cc(C(=O)N(C)CC3CCCCC3O)c2c1. The van der Waals surface area contributed by atoms with Gasteiger partial charge in [0.25, 0.3) is 5.91 Å². The highest BCUT2D eigenvalue weighted by Crippen LogP contribution is 2.27. The van der Waals surface area contributed by atoms with Crippen molar-refractivity contribution in [2.45, 2.75) is 38.7 Å². The molecule has 1 saturated carbocycles. The Morgan fingerprint density at radius 1 is 1.32 bits per heavy atom. The monoisotopic (exact) mass is 342 g/mol. The number of hydrogen-bond donors (Lipinski definition) is 1. The molecule has 0 spiro atoms. The number of fused-ring (bicyclic) bond motifs is 1. The number of hydrogen-bond acceptors (Lipinski definition) is 4. The Labute approximate surface area is 148 Å². The molecule has 1 amide bonds. The van der Waals surface area contributed by atoms with Crippen molar-refractivity contribution in [3.8, 4) is 5.75 Å². The first kappa shape index (κ1) is 17.7. The van der Waals surface area contributed by atoms with Gasteiger partial charge in [-0.2, -0.15) is 0 Å². The molecule has 0 saturated heterocycles. The first-order chi connectivity index (χ1) is 12.0. The number of ether oxygens (including phenoxy) is 1. The van der Waals surface area contributed by atoms with Gasteiger partial charge in [-0.05, 0) is 44.0 Å². The van der Waals surface area contributed by atoms with E-state index in [4.69, 9.17) is 4.74 Å². The number of benzene rings is 1. The van der Waals surface area contributed by atoms with E-state index in [0.29, 0.717) is 17.9 Å². The molecule has 1 fully saturated rings. The van der Waals surface area contributed by atoms with E-state index in [0.717, 1.165) is 42.3 Å². The Bertz CT molecular complexity index is 775. The van der Waals surface area contributed by atoms with Crippen LogP contribution in [-0.2, 0) is 0 Å². The number of aromatic nitrogens is 1. The van der Waals surface area contributed by atoms with Crippen LogP contribution in [0.3, 0.4) is 0 Å². The van der Waals surface area contributed by atoms with E-state index < -0.39 is 0 Å². The number of aryl methyl sites for hydroxylation is 1. The molecule has 1 aliphatic rings. The number of pyridine rings is 1. The number of aliphatic hydroxyl groups is 1. The molecule has 1 heterocycles. The highest BCUT2D eigenvalue weighted by Gasteiger charge is 2.26. The molecule has 1 aromatic carbocycles. The summed E-state index contributed by atoms with van der Waals surface area (Å²) < 4.78 is 5.30. The Balaban J connectivity index is 1.90. The standard InChI is InChI=1S/C20H26N2O3/c1-13-10-17(16-11-15(25-3)8-9-18(16)21-13)20(24)22(2)12-14-6-4-5-7-19(14)23/h8-11,14,19,23H,4-7,12H2,1-3H3. The van der Waals surface area contributed by atoms with Gasteiger partial charge in [-0.3, -0.25) is 9.78 Å². The van der Waals surface area contributed by atoms with Crippen molar-refractivity contribution in [2.24, 2.45) is 5.92 Å². The second-order valence-corrected chi connectivity index (χ2v) is 6.99. The average Bonchev–Trinajstić information content (AvgIpc) is 2.61. The zero-order chi connectivity index (χ0) is 18.0. The summed E-state index contributed by atoms with van der Waals surface area (Å²) in [4.78, 5) is 19.3. The fraction of sp³-hybridized carbons (Fsp3) is 0.500. The number of carbonyl (C=O) groups is 1. The maximum atomic E-state index is 13.1. The fourth-order valence-corrected chi connectivity index (χ4v) is 3.68. The summed E-state index contributed by atoms with van der Waals surface area (Å²) in [6, 6.07) is 7.42. The van der Waals surface area contributed by atoms with Crippen molar-refractivity contribution in [2.75, 3.05) is 20.7 Å². The molecule has 1 aliphatic carbocycles. The minimum absolute atomic E-state index is 0.0403. The molecule has 3 rings (SSSR count). The van der Waals surface area contributed by atoms with Gasteiger partial charge in [0, 0.05) is 30.6 Å². The van der Waals surface area contributed by atoms with Crippen LogP contribution in [-0.4, -0.2) is 47.7 Å². The number of carbonyl (C=O) groups excluding carboxylic acids is 1. The predicted molar refractivity (Wildman–Crippen MR) is 98.0 cm³/mol. The van der Waals surface area contributed by atoms with E-state index in [1.807, 2.05) is 38.2 Å². The summed E-state index contributed by atoms with van der Waals surface area (Å²) in [6.07, 6.45) is 3.70. The van der Waals surface area contributed by atoms with Crippen molar-refractivity contribution >= 4 is 16.8 Å². The normalized spacial score (nSPS) is 20.5. The summed E-state index contributed by atoms with van der Waals surface area (Å²) in [5.41, 5.74) is 2.23. The van der Waals surface area contributed by atoms with Crippen molar-refractivity contribution in [1.82, 2.24) is 9.88 Å². The topological polar surface area (TPSA) is 62.7 Å². The highest BCUT2D eigenvalue weighted by molar-refractivity contribution is 6.06. The molecular weight excluding hydrogens is 316 g/mol. The van der Waals surface area contributed by atoms with E-state index in [1.54, 1.807) is 12.0 Å². The van der Waals surface area contributed by atoms with E-state index in [-0.39, 0.29) is 17.9 Å². The van der Waals surface area contributed by atoms with Gasteiger partial charge >= 0.3 is 0 Å². The van der Waals surface area contributed by atoms with Crippen LogP contribution in [0.25, 0.3) is 10.9 Å². The van der Waals surface area contributed by atoms with Crippen LogP contribution in [0.5, 0.6) is 5.75 Å². The van der Waals surface area contributed by atoms with Crippen molar-refractivity contribution < 1.29 is 14.6 Å². The zero-order valence-corrected chi connectivity index (χ0v) is 15.2. The third-order valence-corrected chi connectivity index (χ3v) is 5.10. The Hall–Kier alpha value is -2.14. The number of rotatable bonds is 4. The Kier molecular flexibility index (Phi) is 5.23. The van der Waals surface area contributed by atoms with Crippen LogP contribution in [0.15, 0.2) is 24.3 Å². The third-order valence-electron chi connectivity index (χ3n) is 5.10. The van der Waals surface area contributed by atoms with Gasteiger partial charge < -0.3 is 14.7 Å². The second kappa shape index (κ2) is 7.40. The van der Waals surface area contributed by atoms with Gasteiger partial charge in [-0.15, -0.1) is 0 Å². The lowest BCUT2D eigenvalue weighted by Crippen LogP contribution is -2.38. The molecule has 2 atom stereocenters. The molecule has 0 bridgehead atoms. The van der Waals surface area contributed by atoms with Crippen LogP contribution in [0, 0.1) is 12.8 Å². The van der Waals surface area contributed by atoms with Gasteiger partial charge in [0.15, 0.2) is 0 Å². The zero-order valence-electron chi connectivity index (χ0n) is 15.2. The summed E-state index contributed by atoms with van der Waals surface area (Å²) in [5.74, 6) is 0.825. The summed E-state index contributed by atoms with van der Waals surface area (Å²) in [5, 5.41) is 11.0. The van der Waals surface area contributed by atoms with Crippen molar-refractivity contribution in [1.29, 1.82) is 0 Å². The lowest BCUT2D eigenvalue weighted by Gasteiger charge is -2.31.